The smallest absolute Gasteiger partial charge is 0.302 e. The number of carbonyl (C=O) groups is 1. The molecule has 0 radical (unpaired) electrons. The Morgan fingerprint density at radius 1 is 1.19 bits per heavy atom. The van der Waals surface area contributed by atoms with Crippen LogP contribution in [0.25, 0.3) is 0 Å². The Hall–Kier alpha value is -1.85. The van der Waals surface area contributed by atoms with Crippen LogP contribution in [0, 0.1) is 0 Å². The van der Waals surface area contributed by atoms with E-state index >= 15 is 0 Å². The van der Waals surface area contributed by atoms with Gasteiger partial charge in [0.2, 0.25) is 0 Å². The van der Waals surface area contributed by atoms with E-state index in [9.17, 15) is 18.0 Å². The summed E-state index contributed by atoms with van der Waals surface area (Å²) in [6, 6.07) is 6.49. The van der Waals surface area contributed by atoms with Gasteiger partial charge in [0.15, 0.2) is 0 Å². The third-order valence-electron chi connectivity index (χ3n) is 2.82. The summed E-state index contributed by atoms with van der Waals surface area (Å²) in [5.41, 5.74) is 0.616. The highest BCUT2D eigenvalue weighted by Gasteiger charge is 2.42. The lowest BCUT2D eigenvalue weighted by atomic mass is 10.0. The van der Waals surface area contributed by atoms with Crippen molar-refractivity contribution in [1.29, 1.82) is 0 Å². The number of halogens is 3. The molecule has 0 heterocycles. The van der Waals surface area contributed by atoms with Crippen molar-refractivity contribution in [2.24, 2.45) is 5.10 Å². The fourth-order valence-corrected chi connectivity index (χ4v) is 1.78. The molecular formula is C15H19F3N2O. The number of carbonyl (C=O) groups excluding carboxylic acids is 1. The van der Waals surface area contributed by atoms with Crippen LogP contribution in [0.1, 0.15) is 30.9 Å². The number of alkyl halides is 3. The average Bonchev–Trinajstić information content (AvgIpc) is 2.41. The summed E-state index contributed by atoms with van der Waals surface area (Å²) >= 11 is 0. The average molecular weight is 300 g/mol. The lowest BCUT2D eigenvalue weighted by Crippen LogP contribution is -2.32. The van der Waals surface area contributed by atoms with Gasteiger partial charge in [0.1, 0.15) is 5.71 Å². The van der Waals surface area contributed by atoms with E-state index in [4.69, 9.17) is 0 Å². The molecule has 0 aliphatic heterocycles. The molecule has 0 N–H and O–H groups in total. The standard InChI is InChI=1S/C15H19F3N2O/c1-4-5-6-11-7-9-12(10-8-11)13(19-20(2)3)14(21)15(16,17)18/h7-10H,4-6H2,1-3H3/b19-13-. The number of aryl methyl sites for hydroxylation is 1. The Morgan fingerprint density at radius 2 is 1.76 bits per heavy atom. The van der Waals surface area contributed by atoms with Crippen molar-refractivity contribution < 1.29 is 18.0 Å². The normalized spacial score (nSPS) is 12.4. The molecule has 0 bridgehead atoms. The molecule has 116 valence electrons. The molecule has 21 heavy (non-hydrogen) atoms. The van der Waals surface area contributed by atoms with E-state index < -0.39 is 17.7 Å². The molecule has 0 aliphatic rings. The van der Waals surface area contributed by atoms with Crippen LogP contribution < -0.4 is 0 Å². The van der Waals surface area contributed by atoms with Crippen molar-refractivity contribution in [3.8, 4) is 0 Å². The molecule has 0 spiro atoms. The van der Waals surface area contributed by atoms with Gasteiger partial charge in [-0.1, -0.05) is 37.6 Å². The van der Waals surface area contributed by atoms with Crippen LogP contribution in [0.5, 0.6) is 0 Å². The predicted molar refractivity (Wildman–Crippen MR) is 76.3 cm³/mol. The zero-order valence-electron chi connectivity index (χ0n) is 12.4. The van der Waals surface area contributed by atoms with Crippen LogP contribution in [0.3, 0.4) is 0 Å². The topological polar surface area (TPSA) is 32.7 Å². The molecule has 0 atom stereocenters. The summed E-state index contributed by atoms with van der Waals surface area (Å²) in [5, 5.41) is 4.87. The summed E-state index contributed by atoms with van der Waals surface area (Å²) < 4.78 is 37.9. The first-order chi connectivity index (χ1) is 9.75. The fraction of sp³-hybridized carbons (Fsp3) is 0.467. The zero-order valence-corrected chi connectivity index (χ0v) is 12.4. The molecule has 0 unspecified atom stereocenters. The van der Waals surface area contributed by atoms with Gasteiger partial charge in [0.05, 0.1) is 0 Å². The van der Waals surface area contributed by atoms with E-state index in [1.54, 1.807) is 12.1 Å². The van der Waals surface area contributed by atoms with Gasteiger partial charge >= 0.3 is 6.18 Å². The molecule has 0 saturated carbocycles. The Kier molecular flexibility index (Phi) is 5.93. The largest absolute Gasteiger partial charge is 0.456 e. The molecule has 6 heteroatoms. The Balaban J connectivity index is 3.08. The minimum absolute atomic E-state index is 0.172. The Bertz CT molecular complexity index is 505. The second kappa shape index (κ2) is 7.24. The van der Waals surface area contributed by atoms with Gasteiger partial charge in [0, 0.05) is 19.7 Å². The number of ketones is 1. The molecule has 0 fully saturated rings. The van der Waals surface area contributed by atoms with Gasteiger partial charge in [-0.15, -0.1) is 0 Å². The molecule has 3 nitrogen and oxygen atoms in total. The summed E-state index contributed by atoms with van der Waals surface area (Å²) in [7, 11) is 2.94. The molecule has 1 aromatic carbocycles. The molecule has 0 saturated heterocycles. The van der Waals surface area contributed by atoms with E-state index in [-0.39, 0.29) is 5.56 Å². The molecule has 0 amide bonds. The molecule has 1 aromatic rings. The monoisotopic (exact) mass is 300 g/mol. The maximum absolute atomic E-state index is 12.6. The lowest BCUT2D eigenvalue weighted by Gasteiger charge is -2.12. The summed E-state index contributed by atoms with van der Waals surface area (Å²) in [6.45, 7) is 2.07. The highest BCUT2D eigenvalue weighted by molar-refractivity contribution is 6.47. The van der Waals surface area contributed by atoms with Gasteiger partial charge in [-0.05, 0) is 18.4 Å². The molecule has 0 aliphatic carbocycles. The minimum atomic E-state index is -4.93. The molecule has 1 rings (SSSR count). The third-order valence-corrected chi connectivity index (χ3v) is 2.82. The van der Waals surface area contributed by atoms with Crippen LogP contribution in [0.2, 0.25) is 0 Å². The van der Waals surface area contributed by atoms with Gasteiger partial charge in [0.25, 0.3) is 5.78 Å². The second-order valence-electron chi connectivity index (χ2n) is 4.92. The van der Waals surface area contributed by atoms with Crippen molar-refractivity contribution >= 4 is 11.5 Å². The van der Waals surface area contributed by atoms with Gasteiger partial charge < -0.3 is 5.01 Å². The van der Waals surface area contributed by atoms with E-state index in [2.05, 4.69) is 12.0 Å². The highest BCUT2D eigenvalue weighted by atomic mass is 19.4. The SMILES string of the molecule is CCCCc1ccc(/C(=N/N(C)C)C(=O)C(F)(F)F)cc1. The highest BCUT2D eigenvalue weighted by Crippen LogP contribution is 2.20. The second-order valence-corrected chi connectivity index (χ2v) is 4.92. The molecule has 0 aromatic heterocycles. The minimum Gasteiger partial charge on any atom is -0.302 e. The number of unbranched alkanes of at least 4 members (excludes halogenated alkanes) is 1. The lowest BCUT2D eigenvalue weighted by molar-refractivity contribution is -0.163. The van der Waals surface area contributed by atoms with Crippen LogP contribution in [-0.4, -0.2) is 36.8 Å². The summed E-state index contributed by atoms with van der Waals surface area (Å²) in [6.07, 6.45) is -2.01. The first-order valence-corrected chi connectivity index (χ1v) is 6.72. The number of Topliss-reactive ketones (excluding diaryl/α,β-unsaturated/α-hetero) is 1. The van der Waals surface area contributed by atoms with E-state index in [1.807, 2.05) is 0 Å². The quantitative estimate of drug-likeness (QED) is 0.595. The fourth-order valence-electron chi connectivity index (χ4n) is 1.78. The first-order valence-electron chi connectivity index (χ1n) is 6.72. The van der Waals surface area contributed by atoms with Crippen molar-refractivity contribution in [3.05, 3.63) is 35.4 Å². The van der Waals surface area contributed by atoms with E-state index in [1.165, 1.54) is 31.2 Å². The predicted octanol–water partition coefficient (Wildman–Crippen LogP) is 3.43. The Morgan fingerprint density at radius 3 is 2.19 bits per heavy atom. The number of benzene rings is 1. The number of hydrazone groups is 1. The molecular weight excluding hydrogens is 281 g/mol. The third kappa shape index (κ3) is 5.21. The van der Waals surface area contributed by atoms with Gasteiger partial charge in [-0.25, -0.2) is 0 Å². The van der Waals surface area contributed by atoms with Crippen LogP contribution >= 0.6 is 0 Å². The van der Waals surface area contributed by atoms with Crippen LogP contribution in [-0.2, 0) is 11.2 Å². The number of nitrogens with zero attached hydrogens (tertiary/aromatic N) is 2. The van der Waals surface area contributed by atoms with Crippen molar-refractivity contribution in [2.75, 3.05) is 14.1 Å². The van der Waals surface area contributed by atoms with E-state index in [0.717, 1.165) is 24.8 Å². The Labute approximate surface area is 122 Å². The maximum atomic E-state index is 12.6. The van der Waals surface area contributed by atoms with Crippen LogP contribution in [0.15, 0.2) is 29.4 Å². The van der Waals surface area contributed by atoms with Gasteiger partial charge in [-0.3, -0.25) is 4.79 Å². The van der Waals surface area contributed by atoms with Crippen molar-refractivity contribution in [1.82, 2.24) is 5.01 Å². The van der Waals surface area contributed by atoms with E-state index in [0.29, 0.717) is 0 Å². The van der Waals surface area contributed by atoms with Crippen LogP contribution in [0.4, 0.5) is 13.2 Å². The summed E-state index contributed by atoms with van der Waals surface area (Å²) in [4.78, 5) is 11.5. The summed E-state index contributed by atoms with van der Waals surface area (Å²) in [5.74, 6) is -1.93. The number of rotatable bonds is 6. The maximum Gasteiger partial charge on any atom is 0.456 e. The first kappa shape index (κ1) is 17.2. The van der Waals surface area contributed by atoms with Crippen molar-refractivity contribution in [2.45, 2.75) is 32.4 Å². The zero-order chi connectivity index (χ0) is 16.0. The van der Waals surface area contributed by atoms with Crippen molar-refractivity contribution in [3.63, 3.8) is 0 Å². The number of hydrogen-bond donors (Lipinski definition) is 0. The van der Waals surface area contributed by atoms with Gasteiger partial charge in [-0.2, -0.15) is 18.3 Å². The number of hydrogen-bond acceptors (Lipinski definition) is 3.